The summed E-state index contributed by atoms with van der Waals surface area (Å²) in [5.74, 6) is -1.63. The van der Waals surface area contributed by atoms with E-state index in [0.29, 0.717) is 12.1 Å². The number of hydroxylamine groups is 1. The molecule has 1 amide bonds. The molecule has 17 heavy (non-hydrogen) atoms. The molecule has 0 aliphatic rings. The van der Waals surface area contributed by atoms with Crippen LogP contribution in [0, 0.1) is 0 Å². The van der Waals surface area contributed by atoms with Gasteiger partial charge in [-0.05, 0) is 30.7 Å². The Kier molecular flexibility index (Phi) is 5.12. The lowest BCUT2D eigenvalue weighted by atomic mass is 10.1. The average Bonchev–Trinajstić information content (AvgIpc) is 2.30. The number of carbonyl (C=O) groups excluding carboxylic acids is 1. The molecule has 1 aromatic rings. The first-order chi connectivity index (χ1) is 8.13. The minimum Gasteiger partial charge on any atom is -0.479 e. The zero-order valence-electron chi connectivity index (χ0n) is 9.18. The first kappa shape index (κ1) is 13.1. The molecule has 0 aromatic heterocycles. The van der Waals surface area contributed by atoms with E-state index >= 15 is 0 Å². The van der Waals surface area contributed by atoms with Crippen LogP contribution in [0.3, 0.4) is 0 Å². The molecule has 0 atom stereocenters. The lowest BCUT2D eigenvalue weighted by molar-refractivity contribution is -0.144. The first-order valence-corrected chi connectivity index (χ1v) is 5.06. The van der Waals surface area contributed by atoms with Gasteiger partial charge in [0.1, 0.15) is 0 Å². The maximum atomic E-state index is 11.4. The predicted octanol–water partition coefficient (Wildman–Crippen LogP) is -0.0662. The van der Waals surface area contributed by atoms with Crippen LogP contribution in [0.1, 0.15) is 15.9 Å². The summed E-state index contributed by atoms with van der Waals surface area (Å²) >= 11 is 0. The smallest absolute Gasteiger partial charge is 0.332 e. The van der Waals surface area contributed by atoms with Gasteiger partial charge in [0, 0.05) is 5.56 Å². The Balaban J connectivity index is 2.48. The van der Waals surface area contributed by atoms with Crippen molar-refractivity contribution >= 4 is 11.9 Å². The van der Waals surface area contributed by atoms with Crippen molar-refractivity contribution < 1.29 is 19.5 Å². The Bertz CT molecular complexity index is 389. The van der Waals surface area contributed by atoms with E-state index < -0.39 is 18.5 Å². The number of carboxylic acids is 1. The first-order valence-electron chi connectivity index (χ1n) is 5.06. The number of hydrogen-bond donors (Lipinski definition) is 3. The molecule has 92 valence electrons. The molecular formula is C11H14N2O4. The Morgan fingerprint density at radius 1 is 1.29 bits per heavy atom. The van der Waals surface area contributed by atoms with Crippen LogP contribution in [-0.4, -0.2) is 30.1 Å². The molecule has 4 N–H and O–H groups in total. The third-order valence-electron chi connectivity index (χ3n) is 2.01. The van der Waals surface area contributed by atoms with E-state index in [1.54, 1.807) is 24.3 Å². The second kappa shape index (κ2) is 6.62. The van der Waals surface area contributed by atoms with Crippen LogP contribution in [0.2, 0.25) is 0 Å². The number of carbonyl (C=O) groups is 2. The quantitative estimate of drug-likeness (QED) is 0.602. The van der Waals surface area contributed by atoms with Gasteiger partial charge >= 0.3 is 5.97 Å². The summed E-state index contributed by atoms with van der Waals surface area (Å²) in [5, 5.41) is 8.30. The molecular weight excluding hydrogens is 224 g/mol. The monoisotopic (exact) mass is 238 g/mol. The van der Waals surface area contributed by atoms with Crippen LogP contribution in [0.4, 0.5) is 0 Å². The number of nitrogens with one attached hydrogen (secondary N) is 1. The molecule has 0 heterocycles. The van der Waals surface area contributed by atoms with Gasteiger partial charge in [-0.15, -0.1) is 0 Å². The molecule has 0 saturated carbocycles. The number of amides is 1. The van der Waals surface area contributed by atoms with Gasteiger partial charge < -0.3 is 10.8 Å². The van der Waals surface area contributed by atoms with Gasteiger partial charge in [0.25, 0.3) is 5.91 Å². The average molecular weight is 238 g/mol. The normalized spacial score (nSPS) is 9.94. The van der Waals surface area contributed by atoms with Crippen LogP contribution in [0.15, 0.2) is 24.3 Å². The highest BCUT2D eigenvalue weighted by atomic mass is 16.7. The molecule has 0 radical (unpaired) electrons. The van der Waals surface area contributed by atoms with Crippen molar-refractivity contribution in [3.63, 3.8) is 0 Å². The number of hydrogen-bond acceptors (Lipinski definition) is 4. The maximum Gasteiger partial charge on any atom is 0.332 e. The molecule has 1 aromatic carbocycles. The van der Waals surface area contributed by atoms with Gasteiger partial charge in [-0.3, -0.25) is 9.63 Å². The van der Waals surface area contributed by atoms with Crippen LogP contribution in [-0.2, 0) is 16.1 Å². The third kappa shape index (κ3) is 4.62. The second-order valence-electron chi connectivity index (χ2n) is 3.35. The number of benzene rings is 1. The van der Waals surface area contributed by atoms with Gasteiger partial charge in [-0.1, -0.05) is 12.1 Å². The van der Waals surface area contributed by atoms with Gasteiger partial charge in [-0.2, -0.15) is 0 Å². The summed E-state index contributed by atoms with van der Waals surface area (Å²) < 4.78 is 0. The van der Waals surface area contributed by atoms with Gasteiger partial charge in [-0.25, -0.2) is 10.3 Å². The number of aliphatic carboxylic acids is 1. The fraction of sp³-hybridized carbons (Fsp3) is 0.273. The van der Waals surface area contributed by atoms with E-state index in [2.05, 4.69) is 4.84 Å². The fourth-order valence-corrected chi connectivity index (χ4v) is 1.21. The highest BCUT2D eigenvalue weighted by Gasteiger charge is 2.06. The van der Waals surface area contributed by atoms with Crippen molar-refractivity contribution in [2.24, 2.45) is 5.73 Å². The number of rotatable bonds is 6. The van der Waals surface area contributed by atoms with Crippen molar-refractivity contribution in [1.29, 1.82) is 0 Å². The van der Waals surface area contributed by atoms with Crippen molar-refractivity contribution in [2.45, 2.75) is 6.42 Å². The van der Waals surface area contributed by atoms with E-state index in [1.807, 2.05) is 5.48 Å². The molecule has 1 rings (SSSR count). The zero-order chi connectivity index (χ0) is 12.7. The highest BCUT2D eigenvalue weighted by molar-refractivity contribution is 5.93. The maximum absolute atomic E-state index is 11.4. The number of carboxylic acid groups (broad SMARTS) is 1. The van der Waals surface area contributed by atoms with E-state index in [4.69, 9.17) is 10.8 Å². The van der Waals surface area contributed by atoms with Crippen molar-refractivity contribution in [1.82, 2.24) is 5.48 Å². The molecule has 0 spiro atoms. The predicted molar refractivity (Wildman–Crippen MR) is 60.3 cm³/mol. The van der Waals surface area contributed by atoms with Crippen molar-refractivity contribution in [3.05, 3.63) is 35.4 Å². The minimum absolute atomic E-state index is 0.399. The van der Waals surface area contributed by atoms with Crippen LogP contribution in [0.25, 0.3) is 0 Å². The molecule has 6 heteroatoms. The fourth-order valence-electron chi connectivity index (χ4n) is 1.21. The highest BCUT2D eigenvalue weighted by Crippen LogP contribution is 2.04. The SMILES string of the molecule is NCCc1ccc(C(=O)NOCC(=O)O)cc1. The van der Waals surface area contributed by atoms with Crippen LogP contribution in [0.5, 0.6) is 0 Å². The van der Waals surface area contributed by atoms with Crippen LogP contribution < -0.4 is 11.2 Å². The van der Waals surface area contributed by atoms with E-state index in [1.165, 1.54) is 0 Å². The molecule has 0 unspecified atom stereocenters. The van der Waals surface area contributed by atoms with E-state index in [0.717, 1.165) is 12.0 Å². The van der Waals surface area contributed by atoms with Crippen molar-refractivity contribution in [3.8, 4) is 0 Å². The molecule has 0 aliphatic carbocycles. The number of nitrogens with two attached hydrogens (primary N) is 1. The van der Waals surface area contributed by atoms with Crippen molar-refractivity contribution in [2.75, 3.05) is 13.2 Å². The zero-order valence-corrected chi connectivity index (χ0v) is 9.18. The molecule has 0 bridgehead atoms. The Morgan fingerprint density at radius 2 is 1.94 bits per heavy atom. The van der Waals surface area contributed by atoms with Gasteiger partial charge in [0.15, 0.2) is 6.61 Å². The molecule has 0 aliphatic heterocycles. The summed E-state index contributed by atoms with van der Waals surface area (Å²) in [6.07, 6.45) is 0.747. The minimum atomic E-state index is -1.15. The topological polar surface area (TPSA) is 102 Å². The summed E-state index contributed by atoms with van der Waals surface area (Å²) in [5.41, 5.74) is 8.87. The summed E-state index contributed by atoms with van der Waals surface area (Å²) in [7, 11) is 0. The lowest BCUT2D eigenvalue weighted by Gasteiger charge is -2.04. The standard InChI is InChI=1S/C11H14N2O4/c12-6-5-8-1-3-9(4-2-8)11(16)13-17-7-10(14)15/h1-4H,5-7,12H2,(H,13,16)(H,14,15). The second-order valence-corrected chi connectivity index (χ2v) is 3.35. The Morgan fingerprint density at radius 3 is 2.47 bits per heavy atom. The molecule has 0 saturated heterocycles. The third-order valence-corrected chi connectivity index (χ3v) is 2.01. The summed E-state index contributed by atoms with van der Waals surface area (Å²) in [4.78, 5) is 26.1. The van der Waals surface area contributed by atoms with E-state index in [-0.39, 0.29) is 0 Å². The molecule has 6 nitrogen and oxygen atoms in total. The summed E-state index contributed by atoms with van der Waals surface area (Å²) in [6.45, 7) is -0.0235. The van der Waals surface area contributed by atoms with Gasteiger partial charge in [0.05, 0.1) is 0 Å². The van der Waals surface area contributed by atoms with Gasteiger partial charge in [0.2, 0.25) is 0 Å². The molecule has 0 fully saturated rings. The Hall–Kier alpha value is -1.92. The van der Waals surface area contributed by atoms with Crippen LogP contribution >= 0.6 is 0 Å². The lowest BCUT2D eigenvalue weighted by Crippen LogP contribution is -2.26. The van der Waals surface area contributed by atoms with E-state index in [9.17, 15) is 9.59 Å². The Labute approximate surface area is 98.3 Å². The largest absolute Gasteiger partial charge is 0.479 e. The summed E-state index contributed by atoms with van der Waals surface area (Å²) in [6, 6.07) is 6.84.